The molecule has 506 valence electrons. The number of hydrogen-bond donors (Lipinski definition) is 0. The zero-order chi connectivity index (χ0) is 72.0. The predicted octanol–water partition coefficient (Wildman–Crippen LogP) is 23.9. The van der Waals surface area contributed by atoms with Crippen LogP contribution in [0.1, 0.15) is 50.1 Å². The summed E-state index contributed by atoms with van der Waals surface area (Å²) in [7, 11) is 2.02. The number of rotatable bonds is 5. The molecule has 5 heterocycles. The van der Waals surface area contributed by atoms with Crippen LogP contribution in [0.3, 0.4) is 0 Å². The highest BCUT2D eigenvalue weighted by Crippen LogP contribution is 2.39. The third-order valence-corrected chi connectivity index (χ3v) is 20.5. The molecule has 5 aromatic heterocycles. The first kappa shape index (κ1) is 67.2. The molecule has 0 aliphatic carbocycles. The molecular weight excluding hydrogens is 1280 g/mol. The Morgan fingerprint density at radius 2 is 0.481 bits per heavy atom. The van der Waals surface area contributed by atoms with E-state index >= 15 is 0 Å². The number of nitrogens with zero attached hydrogens (tertiary/aromatic N) is 1. The van der Waals surface area contributed by atoms with Crippen molar-refractivity contribution in [2.75, 3.05) is 0 Å². The van der Waals surface area contributed by atoms with Crippen LogP contribution in [-0.4, -0.2) is 0 Å². The monoisotopic (exact) mass is 1360 g/mol. The van der Waals surface area contributed by atoms with Gasteiger partial charge in [0.05, 0.1) is 0 Å². The maximum Gasteiger partial charge on any atom is 0.174 e. The van der Waals surface area contributed by atoms with Gasteiger partial charge in [-0.05, 0) is 207 Å². The molecule has 0 bridgehead atoms. The summed E-state index contributed by atoms with van der Waals surface area (Å²) < 4.78 is 2.03. The molecule has 5 heteroatoms. The third kappa shape index (κ3) is 14.6. The first-order valence-electron chi connectivity index (χ1n) is 36.4. The molecule has 0 aliphatic rings. The largest absolute Gasteiger partial charge is 0.218 e. The van der Waals surface area contributed by atoms with Gasteiger partial charge < -0.3 is 0 Å². The highest BCUT2D eigenvalue weighted by atomic mass is 14.9. The van der Waals surface area contributed by atoms with Gasteiger partial charge in [0.15, 0.2) is 62.0 Å². The summed E-state index contributed by atoms with van der Waals surface area (Å²) in [4.78, 5) is 12.5. The van der Waals surface area contributed by atoms with Crippen LogP contribution in [0.15, 0.2) is 341 Å². The Balaban J connectivity index is 0.000000103. The highest BCUT2D eigenvalue weighted by molar-refractivity contribution is 6.25. The number of pyridine rings is 5. The van der Waals surface area contributed by atoms with Gasteiger partial charge in [-0.1, -0.05) is 252 Å². The van der Waals surface area contributed by atoms with Crippen LogP contribution in [0.5, 0.6) is 0 Å². The maximum atomic E-state index is 3.18. The molecule has 20 rings (SSSR count). The molecule has 0 radical (unpaired) electrons. The smallest absolute Gasteiger partial charge is 0.174 e. The number of nitrogens with one attached hydrogen (secondary N) is 4. The minimum atomic E-state index is 1.20. The molecule has 15 aromatic carbocycles. The minimum absolute atomic E-state index is 1.20. The zero-order valence-electron chi connectivity index (χ0n) is 60.6. The number of benzene rings is 15. The van der Waals surface area contributed by atoms with Gasteiger partial charge in [0, 0.05) is 69.4 Å². The summed E-state index contributed by atoms with van der Waals surface area (Å²) in [5.41, 5.74) is 13.9. The van der Waals surface area contributed by atoms with Crippen LogP contribution in [0.2, 0.25) is 0 Å². The van der Waals surface area contributed by atoms with Gasteiger partial charge >= 0.3 is 0 Å². The van der Waals surface area contributed by atoms with Crippen LogP contribution in [0, 0.1) is 34.6 Å². The van der Waals surface area contributed by atoms with E-state index in [-0.39, 0.29) is 0 Å². The van der Waals surface area contributed by atoms with E-state index in [1.54, 1.807) is 0 Å². The van der Waals surface area contributed by atoms with Crippen molar-refractivity contribution >= 4 is 154 Å². The lowest BCUT2D eigenvalue weighted by Crippen LogP contribution is -2.25. The summed E-state index contributed by atoms with van der Waals surface area (Å²) in [5, 5.41) is 31.3. The Kier molecular flexibility index (Phi) is 19.0. The van der Waals surface area contributed by atoms with Crippen molar-refractivity contribution in [3.63, 3.8) is 0 Å². The molecule has 0 atom stereocenters. The summed E-state index contributed by atoms with van der Waals surface area (Å²) in [6.07, 6.45) is 28.6. The van der Waals surface area contributed by atoms with Gasteiger partial charge in [-0.2, -0.15) is 0 Å². The molecule has 0 saturated carbocycles. The average Bonchev–Trinajstić information content (AvgIpc) is 0.742. The molecule has 4 N–H and O–H groups in total. The molecule has 5 nitrogen and oxygen atoms in total. The fourth-order valence-corrected chi connectivity index (χ4v) is 14.8. The number of aromatic nitrogens is 5. The van der Waals surface area contributed by atoms with E-state index in [2.05, 4.69) is 383 Å². The average molecular weight is 1370 g/mol. The first-order valence-corrected chi connectivity index (χ1v) is 36.4. The van der Waals surface area contributed by atoms with Crippen molar-refractivity contribution in [3.8, 4) is 11.1 Å². The molecule has 0 amide bonds. The molecule has 0 fully saturated rings. The quantitative estimate of drug-likeness (QED) is 0.122. The Hall–Kier alpha value is -13.4. The molecule has 0 saturated heterocycles. The van der Waals surface area contributed by atoms with E-state index in [0.717, 1.165) is 0 Å². The summed E-state index contributed by atoms with van der Waals surface area (Å²) in [5.74, 6) is 0. The van der Waals surface area contributed by atoms with Crippen molar-refractivity contribution in [1.29, 1.82) is 0 Å². The van der Waals surface area contributed by atoms with Gasteiger partial charge in [-0.25, -0.2) is 24.5 Å². The molecule has 0 unspecified atom stereocenters. The van der Waals surface area contributed by atoms with Crippen LogP contribution < -0.4 is 24.5 Å². The molecule has 106 heavy (non-hydrogen) atoms. The lowest BCUT2D eigenvalue weighted by molar-refractivity contribution is -0.671. The molecular formula is C101H82N5+5. The van der Waals surface area contributed by atoms with Gasteiger partial charge in [-0.3, -0.25) is 0 Å². The summed E-state index contributed by atoms with van der Waals surface area (Å²) in [6, 6.07) is 101. The van der Waals surface area contributed by atoms with E-state index in [4.69, 9.17) is 0 Å². The van der Waals surface area contributed by atoms with E-state index in [1.807, 2.05) is 48.8 Å². The van der Waals surface area contributed by atoms with Crippen molar-refractivity contribution in [1.82, 2.24) is 0 Å². The lowest BCUT2D eigenvalue weighted by Gasteiger charge is -2.11. The maximum absolute atomic E-state index is 3.18. The normalized spacial score (nSPS) is 11.4. The van der Waals surface area contributed by atoms with Crippen molar-refractivity contribution in [2.45, 2.75) is 34.6 Å². The van der Waals surface area contributed by atoms with Crippen molar-refractivity contribution < 1.29 is 24.5 Å². The standard InChI is InChI=1S/C26H17N.C22H15N.C20H15N.C18H15N.C15H16N/c1-16-2-5-19-17(14-16)3-6-23-21(19)8-10-26-24-7-4-18-15-27-13-12-20(18)22(24)9-11-25(23)26;1-14-2-5-17-15(12-14)3-6-21-19(17)8-9-20-18-10-11-23-13-16(18)4-7-22(20)21;1-14-2-3-16-11-17(5-4-15(16)10-14)18-6-7-20-13-21-9-8-19(20)12-18;1-14-2-6-18-13-16(5-7-17(18)12-14)4-3-15-8-10-19-11-9-15;1-13-3-5-14(6-4-13)7-8-15-9-11-16(2)12-10-15/h2-15H,1H3;2-13H,1H3;2-13H,1H3;2-13H,1H3;3-12H,1-2H3/q;;;;+1/p+4/b;;;4-3+;8-7+. The second kappa shape index (κ2) is 29.9. The van der Waals surface area contributed by atoms with E-state index < -0.39 is 0 Å². The molecule has 0 aliphatic heterocycles. The lowest BCUT2D eigenvalue weighted by atomic mass is 9.92. The first-order chi connectivity index (χ1) is 51.9. The van der Waals surface area contributed by atoms with E-state index in [9.17, 15) is 0 Å². The number of fused-ring (bicyclic) bond motifs is 19. The van der Waals surface area contributed by atoms with Crippen LogP contribution in [0.25, 0.3) is 165 Å². The second-order valence-corrected chi connectivity index (χ2v) is 28.0. The van der Waals surface area contributed by atoms with E-state index in [1.165, 1.54) is 190 Å². The zero-order valence-corrected chi connectivity index (χ0v) is 60.6. The molecule has 0 spiro atoms. The summed E-state index contributed by atoms with van der Waals surface area (Å²) >= 11 is 0. The Morgan fingerprint density at radius 3 is 0.972 bits per heavy atom. The van der Waals surface area contributed by atoms with Crippen LogP contribution >= 0.6 is 0 Å². The highest BCUT2D eigenvalue weighted by Gasteiger charge is 2.13. The number of H-pyrrole nitrogens is 4. The predicted molar refractivity (Wildman–Crippen MR) is 450 cm³/mol. The SMILES string of the molecule is Cc1ccc(/C=C/c2cc[n+](C)cc2)cc1.Cc1ccc2c(ccc3c2ccc2c4cc[nH+]cc4ccc23)c1.Cc1ccc2c(ccc3c2ccc2c4ccc5c[nH+]ccc5c4ccc32)c1.Cc1ccc2cc(-c3ccc4c[nH+]ccc4c3)ccc2c1.Cc1ccc2cc(/C=C/c3cc[nH+]cc3)ccc2c1. The minimum Gasteiger partial charge on any atom is -0.218 e. The van der Waals surface area contributed by atoms with Crippen LogP contribution in [0.4, 0.5) is 0 Å². The third-order valence-electron chi connectivity index (χ3n) is 20.5. The Morgan fingerprint density at radius 1 is 0.198 bits per heavy atom. The van der Waals surface area contributed by atoms with E-state index in [0.29, 0.717) is 0 Å². The molecule has 20 aromatic rings. The van der Waals surface area contributed by atoms with Gasteiger partial charge in [0.1, 0.15) is 7.05 Å². The topological polar surface area (TPSA) is 60.4 Å². The van der Waals surface area contributed by atoms with Crippen LogP contribution in [-0.2, 0) is 7.05 Å². The van der Waals surface area contributed by atoms with Crippen molar-refractivity contribution in [2.24, 2.45) is 7.05 Å². The van der Waals surface area contributed by atoms with Crippen molar-refractivity contribution in [3.05, 3.63) is 391 Å². The Bertz CT molecular complexity index is 6710. The number of hydrogen-bond acceptors (Lipinski definition) is 0. The van der Waals surface area contributed by atoms with Gasteiger partial charge in [0.25, 0.3) is 0 Å². The van der Waals surface area contributed by atoms with Gasteiger partial charge in [0.2, 0.25) is 0 Å². The number of aromatic amines is 4. The Labute approximate surface area is 618 Å². The second-order valence-electron chi connectivity index (χ2n) is 28.0. The number of aryl methyl sites for hydroxylation is 6. The fourth-order valence-electron chi connectivity index (χ4n) is 14.8. The van der Waals surface area contributed by atoms with Gasteiger partial charge in [-0.15, -0.1) is 0 Å². The summed E-state index contributed by atoms with van der Waals surface area (Å²) in [6.45, 7) is 10.7. The fraction of sp³-hybridized carbons (Fsp3) is 0.0594.